The summed E-state index contributed by atoms with van der Waals surface area (Å²) in [5, 5.41) is 0. The summed E-state index contributed by atoms with van der Waals surface area (Å²) in [7, 11) is 0. The highest BCUT2D eigenvalue weighted by molar-refractivity contribution is 5.79. The Balaban J connectivity index is 1.91. The highest BCUT2D eigenvalue weighted by atomic mass is 16.6. The molecule has 0 aromatic heterocycles. The molecule has 0 bridgehead atoms. The highest BCUT2D eigenvalue weighted by Gasteiger charge is 2.36. The van der Waals surface area contributed by atoms with Gasteiger partial charge in [-0.2, -0.15) is 0 Å². The number of hydrogen-bond acceptors (Lipinski definition) is 3. The molecule has 1 saturated heterocycles. The van der Waals surface area contributed by atoms with Gasteiger partial charge in [0.25, 0.3) is 0 Å². The van der Waals surface area contributed by atoms with Gasteiger partial charge < -0.3 is 9.64 Å². The monoisotopic (exact) mass is 253 g/mol. The lowest BCUT2D eigenvalue weighted by molar-refractivity contribution is -0.123. The van der Waals surface area contributed by atoms with Gasteiger partial charge in [0, 0.05) is 25.9 Å². The number of fused-ring (bicyclic) bond motifs is 1. The van der Waals surface area contributed by atoms with Gasteiger partial charge in [0.15, 0.2) is 0 Å². The Labute approximate surface area is 109 Å². The summed E-state index contributed by atoms with van der Waals surface area (Å²) in [6.07, 6.45) is 3.06. The van der Waals surface area contributed by atoms with Gasteiger partial charge in [0.2, 0.25) is 0 Å². The fourth-order valence-corrected chi connectivity index (χ4v) is 2.91. The van der Waals surface area contributed by atoms with Gasteiger partial charge in [-0.1, -0.05) is 0 Å². The molecule has 102 valence electrons. The Kier molecular flexibility index (Phi) is 3.64. The lowest BCUT2D eigenvalue weighted by Crippen LogP contribution is -2.47. The average molecular weight is 253 g/mol. The van der Waals surface area contributed by atoms with E-state index in [0.717, 1.165) is 25.9 Å². The molecule has 1 amide bonds. The maximum atomic E-state index is 12.0. The number of carbonyl (C=O) groups excluding carboxylic acids is 2. The lowest BCUT2D eigenvalue weighted by Gasteiger charge is -2.40. The first-order chi connectivity index (χ1) is 8.35. The highest BCUT2D eigenvalue weighted by Crippen LogP contribution is 2.35. The maximum Gasteiger partial charge on any atom is 0.410 e. The number of nitrogens with zero attached hydrogens (tertiary/aromatic N) is 1. The molecule has 1 heterocycles. The average Bonchev–Trinajstić information content (AvgIpc) is 2.26. The van der Waals surface area contributed by atoms with Crippen LogP contribution >= 0.6 is 0 Å². The van der Waals surface area contributed by atoms with Crippen LogP contribution < -0.4 is 0 Å². The molecule has 0 N–H and O–H groups in total. The van der Waals surface area contributed by atoms with E-state index in [4.69, 9.17) is 4.74 Å². The number of ketones is 1. The van der Waals surface area contributed by atoms with E-state index in [-0.39, 0.29) is 6.09 Å². The molecule has 1 aliphatic carbocycles. The molecule has 1 saturated carbocycles. The minimum absolute atomic E-state index is 0.210. The molecule has 0 unspecified atom stereocenters. The number of hydrogen-bond donors (Lipinski definition) is 0. The third-order valence-corrected chi connectivity index (χ3v) is 3.83. The van der Waals surface area contributed by atoms with Crippen LogP contribution in [-0.2, 0) is 9.53 Å². The third kappa shape index (κ3) is 3.24. The van der Waals surface area contributed by atoms with Gasteiger partial charge in [-0.15, -0.1) is 0 Å². The van der Waals surface area contributed by atoms with Crippen LogP contribution in [0.2, 0.25) is 0 Å². The number of rotatable bonds is 0. The molecular weight excluding hydrogens is 230 g/mol. The van der Waals surface area contributed by atoms with E-state index in [0.29, 0.717) is 30.5 Å². The van der Waals surface area contributed by atoms with Crippen LogP contribution in [0.1, 0.15) is 46.5 Å². The molecule has 0 spiro atoms. The lowest BCUT2D eigenvalue weighted by atomic mass is 9.74. The summed E-state index contributed by atoms with van der Waals surface area (Å²) in [4.78, 5) is 25.2. The zero-order valence-corrected chi connectivity index (χ0v) is 11.6. The van der Waals surface area contributed by atoms with Crippen molar-refractivity contribution in [1.82, 2.24) is 4.90 Å². The van der Waals surface area contributed by atoms with E-state index in [1.54, 1.807) is 0 Å². The van der Waals surface area contributed by atoms with E-state index in [1.807, 2.05) is 25.7 Å². The molecule has 2 atom stereocenters. The van der Waals surface area contributed by atoms with Gasteiger partial charge in [-0.3, -0.25) is 4.79 Å². The summed E-state index contributed by atoms with van der Waals surface area (Å²) in [6, 6.07) is 0. The summed E-state index contributed by atoms with van der Waals surface area (Å²) < 4.78 is 5.40. The second-order valence-corrected chi connectivity index (χ2v) is 6.52. The topological polar surface area (TPSA) is 46.6 Å². The second-order valence-electron chi connectivity index (χ2n) is 6.52. The van der Waals surface area contributed by atoms with E-state index in [1.165, 1.54) is 0 Å². The van der Waals surface area contributed by atoms with Crippen LogP contribution in [0.25, 0.3) is 0 Å². The number of ether oxygens (including phenoxy) is 1. The number of piperidine rings is 1. The Bertz CT molecular complexity index is 345. The van der Waals surface area contributed by atoms with E-state index in [9.17, 15) is 9.59 Å². The summed E-state index contributed by atoms with van der Waals surface area (Å²) in [5.41, 5.74) is -0.434. The van der Waals surface area contributed by atoms with Crippen molar-refractivity contribution in [3.05, 3.63) is 0 Å². The predicted octanol–water partition coefficient (Wildman–Crippen LogP) is 2.61. The van der Waals surface area contributed by atoms with E-state index < -0.39 is 5.60 Å². The van der Waals surface area contributed by atoms with Gasteiger partial charge >= 0.3 is 6.09 Å². The van der Waals surface area contributed by atoms with Crippen LogP contribution in [0.3, 0.4) is 0 Å². The molecule has 4 nitrogen and oxygen atoms in total. The first-order valence-corrected chi connectivity index (χ1v) is 6.85. The van der Waals surface area contributed by atoms with Crippen molar-refractivity contribution in [2.24, 2.45) is 11.8 Å². The van der Waals surface area contributed by atoms with E-state index >= 15 is 0 Å². The molecule has 2 aliphatic rings. The molecule has 2 rings (SSSR count). The first kappa shape index (κ1) is 13.4. The van der Waals surface area contributed by atoms with Crippen molar-refractivity contribution < 1.29 is 14.3 Å². The smallest absolute Gasteiger partial charge is 0.410 e. The normalized spacial score (nSPS) is 28.8. The van der Waals surface area contributed by atoms with Crippen molar-refractivity contribution in [2.75, 3.05) is 13.1 Å². The van der Waals surface area contributed by atoms with E-state index in [2.05, 4.69) is 0 Å². The number of carbonyl (C=O) groups is 2. The standard InChI is InChI=1S/C14H23NO3/c1-14(2,3)18-13(17)15-7-6-10-8-12(16)5-4-11(10)9-15/h10-11H,4-9H2,1-3H3/t10-,11-/m0/s1. The molecular formula is C14H23NO3. The third-order valence-electron chi connectivity index (χ3n) is 3.83. The van der Waals surface area contributed by atoms with Crippen LogP contribution in [-0.4, -0.2) is 35.5 Å². The maximum absolute atomic E-state index is 12.0. The summed E-state index contributed by atoms with van der Waals surface area (Å²) in [5.74, 6) is 1.37. The molecule has 0 radical (unpaired) electrons. The minimum Gasteiger partial charge on any atom is -0.444 e. The zero-order valence-electron chi connectivity index (χ0n) is 11.6. The van der Waals surface area contributed by atoms with Crippen molar-refractivity contribution in [2.45, 2.75) is 52.1 Å². The Morgan fingerprint density at radius 1 is 1.28 bits per heavy atom. The fraction of sp³-hybridized carbons (Fsp3) is 0.857. The van der Waals surface area contributed by atoms with Gasteiger partial charge in [0.05, 0.1) is 0 Å². The quantitative estimate of drug-likeness (QED) is 0.666. The Morgan fingerprint density at radius 3 is 2.67 bits per heavy atom. The minimum atomic E-state index is -0.434. The molecule has 1 aliphatic heterocycles. The molecule has 4 heteroatoms. The van der Waals surface area contributed by atoms with Crippen molar-refractivity contribution in [3.8, 4) is 0 Å². The molecule has 2 fully saturated rings. The van der Waals surface area contributed by atoms with Crippen LogP contribution in [0.5, 0.6) is 0 Å². The van der Waals surface area contributed by atoms with Gasteiger partial charge in [0.1, 0.15) is 11.4 Å². The van der Waals surface area contributed by atoms with Crippen molar-refractivity contribution in [1.29, 1.82) is 0 Å². The molecule has 0 aromatic carbocycles. The van der Waals surface area contributed by atoms with Crippen LogP contribution in [0, 0.1) is 11.8 Å². The summed E-state index contributed by atoms with van der Waals surface area (Å²) in [6.45, 7) is 7.14. The van der Waals surface area contributed by atoms with Crippen LogP contribution in [0.15, 0.2) is 0 Å². The van der Waals surface area contributed by atoms with Crippen molar-refractivity contribution in [3.63, 3.8) is 0 Å². The second kappa shape index (κ2) is 4.90. The zero-order chi connectivity index (χ0) is 13.3. The number of amides is 1. The number of Topliss-reactive ketones (excluding diaryl/α,β-unsaturated/α-hetero) is 1. The van der Waals surface area contributed by atoms with Crippen molar-refractivity contribution >= 4 is 11.9 Å². The van der Waals surface area contributed by atoms with Gasteiger partial charge in [-0.25, -0.2) is 4.79 Å². The van der Waals surface area contributed by atoms with Crippen LogP contribution in [0.4, 0.5) is 4.79 Å². The number of likely N-dealkylation sites (tertiary alicyclic amines) is 1. The Morgan fingerprint density at radius 2 is 2.00 bits per heavy atom. The fourth-order valence-electron chi connectivity index (χ4n) is 2.91. The Hall–Kier alpha value is -1.06. The SMILES string of the molecule is CC(C)(C)OC(=O)N1CC[C@H]2CC(=O)CC[C@H]2C1. The first-order valence-electron chi connectivity index (χ1n) is 6.85. The summed E-state index contributed by atoms with van der Waals surface area (Å²) >= 11 is 0. The molecule has 0 aromatic rings. The predicted molar refractivity (Wildman–Crippen MR) is 68.3 cm³/mol. The molecule has 18 heavy (non-hydrogen) atoms. The van der Waals surface area contributed by atoms with Gasteiger partial charge in [-0.05, 0) is 45.4 Å². The largest absolute Gasteiger partial charge is 0.444 e.